The Morgan fingerprint density at radius 2 is 1.77 bits per heavy atom. The molecule has 35 heavy (non-hydrogen) atoms. The number of nitrogens with one attached hydrogen (secondary N) is 2. The zero-order valence-electron chi connectivity index (χ0n) is 19.1. The van der Waals surface area contributed by atoms with Gasteiger partial charge in [0.1, 0.15) is 11.4 Å². The van der Waals surface area contributed by atoms with Crippen LogP contribution in [0.15, 0.2) is 30.5 Å². The van der Waals surface area contributed by atoms with E-state index in [0.717, 1.165) is 38.5 Å². The minimum atomic E-state index is -4.54. The number of hydrogen-bond donors (Lipinski definition) is 2. The third-order valence-electron chi connectivity index (χ3n) is 7.33. The van der Waals surface area contributed by atoms with Crippen molar-refractivity contribution in [2.75, 3.05) is 43.9 Å². The fourth-order valence-corrected chi connectivity index (χ4v) is 5.37. The van der Waals surface area contributed by atoms with E-state index in [1.807, 2.05) is 11.9 Å². The maximum Gasteiger partial charge on any atom is 0.421 e. The van der Waals surface area contributed by atoms with Crippen molar-refractivity contribution in [3.05, 3.63) is 41.6 Å². The molecule has 3 aliphatic rings. The largest absolute Gasteiger partial charge is 0.421 e. The number of carbonyl (C=O) groups is 1. The van der Waals surface area contributed by atoms with Crippen LogP contribution in [0.2, 0.25) is 0 Å². The molecule has 5 rings (SSSR count). The van der Waals surface area contributed by atoms with Crippen LogP contribution < -0.4 is 10.6 Å². The highest BCUT2D eigenvalue weighted by Crippen LogP contribution is 2.46. The SMILES string of the molecule is C.CN1CCN(C(=O)c2ccc(Nc3ncc(C(F)(F)F)c(N[C@@H]4C[C@@H]5CC[C@H]4C5)n3)cc2)CC1. The molecule has 3 fully saturated rings. The summed E-state index contributed by atoms with van der Waals surface area (Å²) in [6.07, 6.45) is 0.476. The van der Waals surface area contributed by atoms with Crippen LogP contribution in [0.25, 0.3) is 0 Å². The second-order valence-corrected chi connectivity index (χ2v) is 9.68. The summed E-state index contributed by atoms with van der Waals surface area (Å²) in [6, 6.07) is 6.87. The molecule has 2 aromatic rings. The first-order chi connectivity index (χ1) is 16.3. The van der Waals surface area contributed by atoms with Crippen molar-refractivity contribution in [2.45, 2.75) is 45.3 Å². The maximum absolute atomic E-state index is 13.6. The standard InChI is InChI=1S/C24H29F3N6O.CH4/c1-32-8-10-33(11-9-32)22(34)16-4-6-18(7-5-16)29-23-28-14-19(24(25,26)27)21(31-23)30-20-13-15-2-3-17(20)12-15;/h4-7,14-15,17,20H,2-3,8-13H2,1H3,(H2,28,29,30,31);1H4/t15-,17+,20-;/m1./s1. The zero-order chi connectivity index (χ0) is 23.9. The quantitative estimate of drug-likeness (QED) is 0.624. The van der Waals surface area contributed by atoms with E-state index in [0.29, 0.717) is 36.2 Å². The molecule has 7 nitrogen and oxygen atoms in total. The first-order valence-electron chi connectivity index (χ1n) is 11.8. The summed E-state index contributed by atoms with van der Waals surface area (Å²) in [6.45, 7) is 3.06. The number of halogens is 3. The van der Waals surface area contributed by atoms with Crippen LogP contribution in [0.3, 0.4) is 0 Å². The lowest BCUT2D eigenvalue weighted by molar-refractivity contribution is -0.137. The van der Waals surface area contributed by atoms with Crippen LogP contribution in [-0.2, 0) is 6.18 Å². The molecule has 2 heterocycles. The molecule has 2 saturated carbocycles. The molecule has 1 amide bonds. The zero-order valence-corrected chi connectivity index (χ0v) is 19.1. The van der Waals surface area contributed by atoms with Crippen molar-refractivity contribution < 1.29 is 18.0 Å². The number of likely N-dealkylation sites (N-methyl/N-ethyl adjacent to an activating group) is 1. The molecule has 2 aliphatic carbocycles. The topological polar surface area (TPSA) is 73.4 Å². The number of aromatic nitrogens is 2. The molecule has 2 bridgehead atoms. The number of piperazine rings is 1. The minimum Gasteiger partial charge on any atom is -0.366 e. The van der Waals surface area contributed by atoms with Gasteiger partial charge in [0.05, 0.1) is 0 Å². The Morgan fingerprint density at radius 3 is 2.37 bits per heavy atom. The Morgan fingerprint density at radius 1 is 1.06 bits per heavy atom. The Balaban J connectivity index is 0.00000289. The van der Waals surface area contributed by atoms with Gasteiger partial charge >= 0.3 is 6.18 Å². The number of carbonyl (C=O) groups excluding carboxylic acids is 1. The van der Waals surface area contributed by atoms with Gasteiger partial charge in [-0.15, -0.1) is 0 Å². The molecule has 2 N–H and O–H groups in total. The molecule has 1 saturated heterocycles. The van der Waals surface area contributed by atoms with Gasteiger partial charge in [0, 0.05) is 49.7 Å². The Kier molecular flexibility index (Phi) is 7.21. The number of anilines is 3. The fraction of sp³-hybridized carbons (Fsp3) is 0.560. The Labute approximate surface area is 204 Å². The van der Waals surface area contributed by atoms with Crippen molar-refractivity contribution in [1.82, 2.24) is 19.8 Å². The van der Waals surface area contributed by atoms with Gasteiger partial charge in [-0.1, -0.05) is 13.8 Å². The third-order valence-corrected chi connectivity index (χ3v) is 7.33. The molecular formula is C25H33F3N6O. The van der Waals surface area contributed by atoms with E-state index in [1.54, 1.807) is 24.3 Å². The summed E-state index contributed by atoms with van der Waals surface area (Å²) in [5.74, 6) is 0.884. The first-order valence-corrected chi connectivity index (χ1v) is 11.8. The molecule has 3 atom stereocenters. The van der Waals surface area contributed by atoms with Gasteiger partial charge in [-0.05, 0) is 62.4 Å². The van der Waals surface area contributed by atoms with Gasteiger partial charge in [-0.2, -0.15) is 18.2 Å². The van der Waals surface area contributed by atoms with Crippen LogP contribution >= 0.6 is 0 Å². The fourth-order valence-electron chi connectivity index (χ4n) is 5.37. The van der Waals surface area contributed by atoms with Crippen molar-refractivity contribution >= 4 is 23.4 Å². The van der Waals surface area contributed by atoms with Gasteiger partial charge in [0.2, 0.25) is 5.95 Å². The van der Waals surface area contributed by atoms with Crippen LogP contribution in [0.4, 0.5) is 30.6 Å². The van der Waals surface area contributed by atoms with E-state index in [-0.39, 0.29) is 31.1 Å². The normalized spacial score (nSPS) is 24.2. The lowest BCUT2D eigenvalue weighted by Crippen LogP contribution is -2.47. The van der Waals surface area contributed by atoms with Gasteiger partial charge in [0.15, 0.2) is 0 Å². The number of nitrogens with zero attached hydrogens (tertiary/aromatic N) is 4. The summed E-state index contributed by atoms with van der Waals surface area (Å²) in [4.78, 5) is 24.8. The smallest absolute Gasteiger partial charge is 0.366 e. The van der Waals surface area contributed by atoms with E-state index < -0.39 is 11.7 Å². The lowest BCUT2D eigenvalue weighted by Gasteiger charge is -2.32. The Bertz CT molecular complexity index is 1040. The van der Waals surface area contributed by atoms with E-state index in [1.165, 1.54) is 6.42 Å². The second-order valence-electron chi connectivity index (χ2n) is 9.68. The van der Waals surface area contributed by atoms with Gasteiger partial charge < -0.3 is 20.4 Å². The van der Waals surface area contributed by atoms with Gasteiger partial charge in [-0.3, -0.25) is 4.79 Å². The van der Waals surface area contributed by atoms with Crippen LogP contribution in [0.5, 0.6) is 0 Å². The molecule has 1 aliphatic heterocycles. The first kappa shape index (κ1) is 25.2. The van der Waals surface area contributed by atoms with Crippen molar-refractivity contribution in [2.24, 2.45) is 11.8 Å². The van der Waals surface area contributed by atoms with E-state index in [2.05, 4.69) is 25.5 Å². The average molecular weight is 491 g/mol. The number of rotatable bonds is 5. The predicted molar refractivity (Wildman–Crippen MR) is 130 cm³/mol. The van der Waals surface area contributed by atoms with E-state index in [4.69, 9.17) is 0 Å². The van der Waals surface area contributed by atoms with E-state index >= 15 is 0 Å². The van der Waals surface area contributed by atoms with Crippen LogP contribution in [0.1, 0.15) is 49.0 Å². The predicted octanol–water partition coefficient (Wildman–Crippen LogP) is 4.86. The molecule has 1 aromatic heterocycles. The van der Waals surface area contributed by atoms with E-state index in [9.17, 15) is 18.0 Å². The summed E-state index contributed by atoms with van der Waals surface area (Å²) in [5.41, 5.74) is 0.316. The monoisotopic (exact) mass is 490 g/mol. The van der Waals surface area contributed by atoms with Crippen molar-refractivity contribution in [3.63, 3.8) is 0 Å². The summed E-state index contributed by atoms with van der Waals surface area (Å²) >= 11 is 0. The second kappa shape index (κ2) is 10.0. The molecule has 190 valence electrons. The summed E-state index contributed by atoms with van der Waals surface area (Å²) < 4.78 is 40.8. The minimum absolute atomic E-state index is 0. The van der Waals surface area contributed by atoms with Crippen LogP contribution in [0, 0.1) is 11.8 Å². The molecular weight excluding hydrogens is 457 g/mol. The van der Waals surface area contributed by atoms with Crippen LogP contribution in [-0.4, -0.2) is 64.9 Å². The maximum atomic E-state index is 13.6. The van der Waals surface area contributed by atoms with Gasteiger partial charge in [0.25, 0.3) is 5.91 Å². The van der Waals surface area contributed by atoms with Gasteiger partial charge in [-0.25, -0.2) is 4.98 Å². The molecule has 0 unspecified atom stereocenters. The number of alkyl halides is 3. The lowest BCUT2D eigenvalue weighted by atomic mass is 9.95. The number of amides is 1. The Hall–Kier alpha value is -2.88. The molecule has 0 spiro atoms. The summed E-state index contributed by atoms with van der Waals surface area (Å²) in [7, 11) is 2.03. The number of hydrogen-bond acceptors (Lipinski definition) is 6. The molecule has 10 heteroatoms. The average Bonchev–Trinajstić information content (AvgIpc) is 3.42. The highest BCUT2D eigenvalue weighted by Gasteiger charge is 2.42. The highest BCUT2D eigenvalue weighted by atomic mass is 19.4. The highest BCUT2D eigenvalue weighted by molar-refractivity contribution is 5.94. The third kappa shape index (κ3) is 5.52. The van der Waals surface area contributed by atoms with Crippen molar-refractivity contribution in [1.29, 1.82) is 0 Å². The number of fused-ring (bicyclic) bond motifs is 2. The molecule has 0 radical (unpaired) electrons. The van der Waals surface area contributed by atoms with Crippen molar-refractivity contribution in [3.8, 4) is 0 Å². The number of benzene rings is 1. The summed E-state index contributed by atoms with van der Waals surface area (Å²) in [5, 5.41) is 6.04. The molecule has 1 aromatic carbocycles.